The van der Waals surface area contributed by atoms with Gasteiger partial charge in [-0.15, -0.1) is 0 Å². The van der Waals surface area contributed by atoms with Crippen LogP contribution in [0.15, 0.2) is 23.1 Å². The van der Waals surface area contributed by atoms with Crippen molar-refractivity contribution >= 4 is 14.3 Å². The molecule has 5 nitrogen and oxygen atoms in total. The Kier molecular flexibility index (Phi) is 5.94. The largest absolute Gasteiger partial charge is 0.465 e. The Balaban J connectivity index is 2.06. The summed E-state index contributed by atoms with van der Waals surface area (Å²) in [4.78, 5) is 24.3. The number of hydrogen-bond donors (Lipinski definition) is 0. The van der Waals surface area contributed by atoms with E-state index < -0.39 is 14.3 Å². The minimum atomic E-state index is -1.76. The average molecular weight is 366 g/mol. The van der Waals surface area contributed by atoms with Crippen LogP contribution in [0.25, 0.3) is 0 Å². The summed E-state index contributed by atoms with van der Waals surface area (Å²) in [5.74, 6) is -0.575. The van der Waals surface area contributed by atoms with E-state index in [0.717, 1.165) is 25.7 Å². The molecule has 0 bridgehead atoms. The number of pyridine rings is 1. The molecule has 1 fully saturated rings. The Hall–Kier alpha value is -1.40. The first kappa shape index (κ1) is 19.9. The normalized spacial score (nSPS) is 21.8. The molecule has 1 aliphatic carbocycles. The molecule has 0 amide bonds. The number of esters is 1. The van der Waals surface area contributed by atoms with Crippen LogP contribution in [0.3, 0.4) is 0 Å². The minimum Gasteiger partial charge on any atom is -0.465 e. The van der Waals surface area contributed by atoms with Gasteiger partial charge >= 0.3 is 5.97 Å². The zero-order valence-electron chi connectivity index (χ0n) is 16.3. The molecule has 1 saturated carbocycles. The summed E-state index contributed by atoms with van der Waals surface area (Å²) in [7, 11) is -0.469. The molecule has 0 atom stereocenters. The fraction of sp³-hybridized carbons (Fsp3) is 0.684. The van der Waals surface area contributed by atoms with Crippen LogP contribution in [0.1, 0.15) is 62.9 Å². The number of carbonyl (C=O) groups excluding carboxylic acids is 1. The van der Waals surface area contributed by atoms with Gasteiger partial charge in [0.2, 0.25) is 0 Å². The fourth-order valence-corrected chi connectivity index (χ4v) is 4.52. The number of rotatable bonds is 4. The average Bonchev–Trinajstić information content (AvgIpc) is 2.54. The van der Waals surface area contributed by atoms with Crippen molar-refractivity contribution < 1.29 is 14.0 Å². The van der Waals surface area contributed by atoms with E-state index >= 15 is 0 Å². The summed E-state index contributed by atoms with van der Waals surface area (Å²) in [5, 5.41) is 0.204. The lowest BCUT2D eigenvalue weighted by Crippen LogP contribution is -2.45. The lowest BCUT2D eigenvalue weighted by molar-refractivity contribution is 0.0596. The van der Waals surface area contributed by atoms with E-state index in [1.807, 2.05) is 0 Å². The Morgan fingerprint density at radius 3 is 2.32 bits per heavy atom. The highest BCUT2D eigenvalue weighted by molar-refractivity contribution is 6.74. The van der Waals surface area contributed by atoms with Crippen LogP contribution in [0.4, 0.5) is 0 Å². The van der Waals surface area contributed by atoms with Crippen molar-refractivity contribution in [3.8, 4) is 0 Å². The summed E-state index contributed by atoms with van der Waals surface area (Å²) < 4.78 is 12.9. The summed E-state index contributed by atoms with van der Waals surface area (Å²) >= 11 is 0. The highest BCUT2D eigenvalue weighted by Gasteiger charge is 2.40. The SMILES string of the molecule is COC(=O)c1cccn(C2CCC(O[Si](C)(C)C(C)(C)C)CC2)c1=O. The topological polar surface area (TPSA) is 57.5 Å². The Morgan fingerprint density at radius 2 is 1.80 bits per heavy atom. The van der Waals surface area contributed by atoms with Crippen molar-refractivity contribution in [2.24, 2.45) is 0 Å². The van der Waals surface area contributed by atoms with Crippen LogP contribution >= 0.6 is 0 Å². The Labute approximate surface area is 151 Å². The van der Waals surface area contributed by atoms with Gasteiger partial charge in [-0.3, -0.25) is 4.79 Å². The van der Waals surface area contributed by atoms with Gasteiger partial charge in [0, 0.05) is 18.3 Å². The van der Waals surface area contributed by atoms with Gasteiger partial charge < -0.3 is 13.7 Å². The highest BCUT2D eigenvalue weighted by atomic mass is 28.4. The molecule has 0 saturated heterocycles. The third kappa shape index (κ3) is 4.42. The zero-order valence-corrected chi connectivity index (χ0v) is 17.3. The first-order chi connectivity index (χ1) is 11.6. The van der Waals surface area contributed by atoms with Crippen molar-refractivity contribution in [2.45, 2.75) is 76.7 Å². The maximum absolute atomic E-state index is 12.5. The van der Waals surface area contributed by atoms with Crippen LogP contribution in [0.5, 0.6) is 0 Å². The van der Waals surface area contributed by atoms with Crippen molar-refractivity contribution in [1.29, 1.82) is 0 Å². The molecule has 25 heavy (non-hydrogen) atoms. The lowest BCUT2D eigenvalue weighted by Gasteiger charge is -2.41. The molecule has 0 N–H and O–H groups in total. The van der Waals surface area contributed by atoms with E-state index in [2.05, 4.69) is 33.9 Å². The van der Waals surface area contributed by atoms with Crippen molar-refractivity contribution in [1.82, 2.24) is 4.57 Å². The summed E-state index contributed by atoms with van der Waals surface area (Å²) in [5.41, 5.74) is -0.159. The number of methoxy groups -OCH3 is 1. The van der Waals surface area contributed by atoms with Crippen LogP contribution in [0.2, 0.25) is 18.1 Å². The van der Waals surface area contributed by atoms with Crippen LogP contribution < -0.4 is 5.56 Å². The molecule has 1 aromatic rings. The van der Waals surface area contributed by atoms with Crippen LogP contribution in [0, 0.1) is 0 Å². The molecule has 2 rings (SSSR count). The molecular weight excluding hydrogens is 334 g/mol. The third-order valence-electron chi connectivity index (χ3n) is 5.68. The molecule has 6 heteroatoms. The van der Waals surface area contributed by atoms with Gasteiger partial charge in [0.25, 0.3) is 5.56 Å². The molecule has 0 radical (unpaired) electrons. The number of carbonyl (C=O) groups is 1. The second-order valence-electron chi connectivity index (χ2n) is 8.43. The molecular formula is C19H31NO4Si. The van der Waals surface area contributed by atoms with E-state index in [9.17, 15) is 9.59 Å². The molecule has 140 valence electrons. The summed E-state index contributed by atoms with van der Waals surface area (Å²) in [6.45, 7) is 11.3. The highest BCUT2D eigenvalue weighted by Crippen LogP contribution is 2.40. The third-order valence-corrected chi connectivity index (χ3v) is 10.2. The predicted molar refractivity (Wildman–Crippen MR) is 102 cm³/mol. The van der Waals surface area contributed by atoms with E-state index in [4.69, 9.17) is 9.16 Å². The van der Waals surface area contributed by atoms with E-state index in [1.165, 1.54) is 13.2 Å². The van der Waals surface area contributed by atoms with Gasteiger partial charge in [0.1, 0.15) is 5.56 Å². The van der Waals surface area contributed by atoms with Gasteiger partial charge in [-0.05, 0) is 55.9 Å². The maximum atomic E-state index is 12.5. The van der Waals surface area contributed by atoms with Gasteiger partial charge in [0.15, 0.2) is 8.32 Å². The standard InChI is InChI=1S/C19H31NO4Si/c1-19(2,3)25(5,6)24-15-11-9-14(10-12-15)20-13-7-8-16(17(20)21)18(22)23-4/h7-8,13-15H,9-12H2,1-6H3. The van der Waals surface area contributed by atoms with Gasteiger partial charge in [-0.25, -0.2) is 4.79 Å². The van der Waals surface area contributed by atoms with Crippen LogP contribution in [-0.2, 0) is 9.16 Å². The van der Waals surface area contributed by atoms with E-state index in [-0.39, 0.29) is 28.3 Å². The van der Waals surface area contributed by atoms with Gasteiger partial charge in [0.05, 0.1) is 7.11 Å². The number of aromatic nitrogens is 1. The van der Waals surface area contributed by atoms with Crippen molar-refractivity contribution in [2.75, 3.05) is 7.11 Å². The molecule has 1 aliphatic rings. The van der Waals surface area contributed by atoms with E-state index in [1.54, 1.807) is 16.8 Å². The Morgan fingerprint density at radius 1 is 1.20 bits per heavy atom. The second-order valence-corrected chi connectivity index (χ2v) is 13.2. The number of nitrogens with zero attached hydrogens (tertiary/aromatic N) is 1. The van der Waals surface area contributed by atoms with Crippen molar-refractivity contribution in [3.05, 3.63) is 34.2 Å². The van der Waals surface area contributed by atoms with Crippen molar-refractivity contribution in [3.63, 3.8) is 0 Å². The molecule has 0 aliphatic heterocycles. The molecule has 0 spiro atoms. The number of ether oxygens (including phenoxy) is 1. The fourth-order valence-electron chi connectivity index (χ4n) is 3.10. The smallest absolute Gasteiger partial charge is 0.343 e. The first-order valence-corrected chi connectivity index (χ1v) is 11.9. The second kappa shape index (κ2) is 7.46. The monoisotopic (exact) mass is 365 g/mol. The van der Waals surface area contributed by atoms with Gasteiger partial charge in [-0.2, -0.15) is 0 Å². The van der Waals surface area contributed by atoms with E-state index in [0.29, 0.717) is 0 Å². The van der Waals surface area contributed by atoms with Gasteiger partial charge in [-0.1, -0.05) is 20.8 Å². The molecule has 0 unspecified atom stereocenters. The molecule has 1 heterocycles. The zero-order chi connectivity index (χ0) is 18.8. The predicted octanol–water partition coefficient (Wildman–Crippen LogP) is 4.14. The number of hydrogen-bond acceptors (Lipinski definition) is 4. The summed E-state index contributed by atoms with van der Waals surface area (Å²) in [6.07, 6.45) is 5.73. The van der Waals surface area contributed by atoms with Crippen LogP contribution in [-0.4, -0.2) is 32.1 Å². The lowest BCUT2D eigenvalue weighted by atomic mass is 9.93. The summed E-state index contributed by atoms with van der Waals surface area (Å²) in [6, 6.07) is 3.39. The maximum Gasteiger partial charge on any atom is 0.343 e. The Bertz CT molecular complexity index is 667. The minimum absolute atomic E-state index is 0.102. The molecule has 1 aromatic heterocycles. The quantitative estimate of drug-likeness (QED) is 0.594. The molecule has 0 aromatic carbocycles. The first-order valence-electron chi connectivity index (χ1n) is 9.04.